The van der Waals surface area contributed by atoms with Gasteiger partial charge >= 0.3 is 17.9 Å². The van der Waals surface area contributed by atoms with Crippen LogP contribution in [0, 0.1) is 0 Å². The van der Waals surface area contributed by atoms with Crippen molar-refractivity contribution in [3.63, 3.8) is 0 Å². The van der Waals surface area contributed by atoms with Crippen molar-refractivity contribution < 1.29 is 28.6 Å². The Balaban J connectivity index is 4.61. The summed E-state index contributed by atoms with van der Waals surface area (Å²) in [5, 5.41) is 0. The number of rotatable bonds is 50. The average molecular weight is 994 g/mol. The Morgan fingerprint density at radius 3 is 0.903 bits per heavy atom. The summed E-state index contributed by atoms with van der Waals surface area (Å²) in [6, 6.07) is 0. The quantitative estimate of drug-likeness (QED) is 0.0261. The van der Waals surface area contributed by atoms with Crippen molar-refractivity contribution in [2.24, 2.45) is 0 Å². The summed E-state index contributed by atoms with van der Waals surface area (Å²) in [5.74, 6) is -1.12. The molecule has 0 bridgehead atoms. The third-order valence-corrected chi connectivity index (χ3v) is 11.6. The summed E-state index contributed by atoms with van der Waals surface area (Å²) in [6.45, 7) is 6.27. The Hall–Kier alpha value is -4.71. The highest BCUT2D eigenvalue weighted by Crippen LogP contribution is 2.13. The number of hydrogen-bond acceptors (Lipinski definition) is 6. The maximum Gasteiger partial charge on any atom is 0.306 e. The van der Waals surface area contributed by atoms with Crippen molar-refractivity contribution >= 4 is 17.9 Å². The molecule has 0 rings (SSSR count). The van der Waals surface area contributed by atoms with Gasteiger partial charge in [0, 0.05) is 19.3 Å². The number of carbonyl (C=O) groups is 3. The fraction of sp³-hybridized carbons (Fsp3) is 0.591. The van der Waals surface area contributed by atoms with E-state index in [1.54, 1.807) is 0 Å². The third-order valence-electron chi connectivity index (χ3n) is 11.6. The summed E-state index contributed by atoms with van der Waals surface area (Å²) >= 11 is 0. The first-order chi connectivity index (χ1) is 35.5. The lowest BCUT2D eigenvalue weighted by molar-refractivity contribution is -0.166. The van der Waals surface area contributed by atoms with E-state index in [0.29, 0.717) is 12.8 Å². The lowest BCUT2D eigenvalue weighted by Gasteiger charge is -2.18. The Labute approximate surface area is 442 Å². The van der Waals surface area contributed by atoms with Gasteiger partial charge in [-0.1, -0.05) is 244 Å². The van der Waals surface area contributed by atoms with Crippen LogP contribution in [0.2, 0.25) is 0 Å². The SMILES string of the molecule is CC/C=C\C/C=C\C/C=C\C/C=C\C/C=C\C/C=C\CCC(=O)OCC(COC(=O)CC/C=C\C/C=C\C/C=C\C/C=C\C/C=C\CC)OC(=O)CCCCCCCCC/C=C\CCCCCCCCCC. The topological polar surface area (TPSA) is 78.9 Å². The van der Waals surface area contributed by atoms with Crippen molar-refractivity contribution in [1.29, 1.82) is 0 Å². The first-order valence-corrected chi connectivity index (χ1v) is 28.8. The fourth-order valence-electron chi connectivity index (χ4n) is 7.33. The fourth-order valence-corrected chi connectivity index (χ4v) is 7.33. The normalized spacial score (nSPS) is 13.2. The van der Waals surface area contributed by atoms with Crippen molar-refractivity contribution in [2.45, 2.75) is 239 Å². The maximum atomic E-state index is 12.9. The molecular formula is C66H104O6. The zero-order valence-electron chi connectivity index (χ0n) is 46.1. The molecule has 0 aromatic carbocycles. The second-order valence-electron chi connectivity index (χ2n) is 18.4. The van der Waals surface area contributed by atoms with Crippen LogP contribution in [0.5, 0.6) is 0 Å². The van der Waals surface area contributed by atoms with E-state index in [9.17, 15) is 14.4 Å². The van der Waals surface area contributed by atoms with Gasteiger partial charge in [0.2, 0.25) is 0 Å². The summed E-state index contributed by atoms with van der Waals surface area (Å²) < 4.78 is 16.7. The molecule has 0 aromatic rings. The van der Waals surface area contributed by atoms with Crippen molar-refractivity contribution in [3.05, 3.63) is 146 Å². The molecule has 0 spiro atoms. The van der Waals surface area contributed by atoms with Crippen LogP contribution < -0.4 is 0 Å². The van der Waals surface area contributed by atoms with Gasteiger partial charge in [0.25, 0.3) is 0 Å². The van der Waals surface area contributed by atoms with E-state index in [-0.39, 0.29) is 50.4 Å². The predicted octanol–water partition coefficient (Wildman–Crippen LogP) is 19.6. The van der Waals surface area contributed by atoms with Crippen LogP contribution in [0.3, 0.4) is 0 Å². The lowest BCUT2D eigenvalue weighted by atomic mass is 10.1. The molecule has 1 unspecified atom stereocenters. The largest absolute Gasteiger partial charge is 0.462 e. The molecule has 0 amide bonds. The molecule has 404 valence electrons. The molecule has 6 nitrogen and oxygen atoms in total. The highest BCUT2D eigenvalue weighted by atomic mass is 16.6. The molecule has 0 aliphatic heterocycles. The van der Waals surface area contributed by atoms with Crippen molar-refractivity contribution in [3.8, 4) is 0 Å². The van der Waals surface area contributed by atoms with Crippen molar-refractivity contribution in [2.75, 3.05) is 13.2 Å². The van der Waals surface area contributed by atoms with E-state index < -0.39 is 6.10 Å². The van der Waals surface area contributed by atoms with Crippen LogP contribution in [0.4, 0.5) is 0 Å². The Morgan fingerprint density at radius 2 is 0.569 bits per heavy atom. The molecule has 6 heteroatoms. The van der Waals surface area contributed by atoms with Gasteiger partial charge in [-0.15, -0.1) is 0 Å². The standard InChI is InChI=1S/C66H104O6/c1-4-7-10-13-16-19-22-25-28-31-33-35-38-41-44-47-50-53-56-59-65(68)71-62-63(61-70-64(67)58-55-52-49-46-43-40-37-30-27-24-21-18-15-12-9-6-3)72-66(69)60-57-54-51-48-45-42-39-36-34-32-29-26-23-20-17-14-11-8-5-2/h7,9-10,12,16,18-19,21,25,27-28,30,32-35,40-41,43-44,49-50,52-53,63H,4-6,8,11,13-15,17,20,22-24,26,29,31,36-39,42,45-48,51,54-62H2,1-3H3/b10-7-,12-9-,19-16-,21-18-,28-25-,30-27-,34-32-,35-33-,43-40-,44-41-,52-49-,53-50-. The van der Waals surface area contributed by atoms with Gasteiger partial charge in [-0.25, -0.2) is 0 Å². The minimum atomic E-state index is -0.848. The first kappa shape index (κ1) is 67.3. The highest BCUT2D eigenvalue weighted by Gasteiger charge is 2.19. The van der Waals surface area contributed by atoms with E-state index in [1.807, 2.05) is 24.3 Å². The number of unbranched alkanes of at least 4 members (excludes halogenated alkanes) is 15. The molecule has 72 heavy (non-hydrogen) atoms. The number of ether oxygens (including phenoxy) is 3. The van der Waals surface area contributed by atoms with Crippen LogP contribution in [-0.4, -0.2) is 37.2 Å². The summed E-state index contributed by atoms with van der Waals surface area (Å²) in [7, 11) is 0. The predicted molar refractivity (Wildman–Crippen MR) is 311 cm³/mol. The molecule has 0 aromatic heterocycles. The molecule has 0 fully saturated rings. The molecule has 0 radical (unpaired) electrons. The van der Waals surface area contributed by atoms with Crippen LogP contribution in [-0.2, 0) is 28.6 Å². The van der Waals surface area contributed by atoms with E-state index in [1.165, 1.54) is 89.9 Å². The Kier molecular flexibility index (Phi) is 55.0. The zero-order valence-corrected chi connectivity index (χ0v) is 46.1. The molecule has 0 saturated carbocycles. The van der Waals surface area contributed by atoms with Gasteiger partial charge < -0.3 is 14.2 Å². The molecule has 0 aliphatic rings. The van der Waals surface area contributed by atoms with Gasteiger partial charge in [-0.05, 0) is 116 Å². The van der Waals surface area contributed by atoms with Crippen LogP contribution in [0.25, 0.3) is 0 Å². The second kappa shape index (κ2) is 58.9. The highest BCUT2D eigenvalue weighted by molar-refractivity contribution is 5.71. The number of esters is 3. The van der Waals surface area contributed by atoms with E-state index in [4.69, 9.17) is 14.2 Å². The molecular weight excluding hydrogens is 889 g/mol. The summed E-state index contributed by atoms with van der Waals surface area (Å²) in [6.07, 6.45) is 84.3. The van der Waals surface area contributed by atoms with Crippen molar-refractivity contribution in [1.82, 2.24) is 0 Å². The van der Waals surface area contributed by atoms with Crippen LogP contribution >= 0.6 is 0 Å². The molecule has 1 atom stereocenters. The summed E-state index contributed by atoms with van der Waals surface area (Å²) in [5.41, 5.74) is 0. The van der Waals surface area contributed by atoms with Crippen LogP contribution in [0.1, 0.15) is 233 Å². The van der Waals surface area contributed by atoms with E-state index in [2.05, 4.69) is 142 Å². The van der Waals surface area contributed by atoms with E-state index >= 15 is 0 Å². The molecule has 0 saturated heterocycles. The second-order valence-corrected chi connectivity index (χ2v) is 18.4. The molecule has 0 N–H and O–H groups in total. The Bertz CT molecular complexity index is 1610. The van der Waals surface area contributed by atoms with Gasteiger partial charge in [-0.3, -0.25) is 14.4 Å². The molecule has 0 aliphatic carbocycles. The summed E-state index contributed by atoms with van der Waals surface area (Å²) in [4.78, 5) is 38.1. The van der Waals surface area contributed by atoms with Gasteiger partial charge in [0.1, 0.15) is 13.2 Å². The first-order valence-electron chi connectivity index (χ1n) is 28.8. The van der Waals surface area contributed by atoms with Crippen LogP contribution in [0.15, 0.2) is 146 Å². The third kappa shape index (κ3) is 56.2. The minimum Gasteiger partial charge on any atom is -0.462 e. The zero-order chi connectivity index (χ0) is 52.2. The lowest BCUT2D eigenvalue weighted by Crippen LogP contribution is -2.30. The number of allylic oxidation sites excluding steroid dienone is 24. The van der Waals surface area contributed by atoms with Gasteiger partial charge in [0.15, 0.2) is 6.10 Å². The monoisotopic (exact) mass is 993 g/mol. The number of hydrogen-bond donors (Lipinski definition) is 0. The van der Waals surface area contributed by atoms with Gasteiger partial charge in [-0.2, -0.15) is 0 Å². The average Bonchev–Trinajstić information content (AvgIpc) is 3.38. The molecule has 0 heterocycles. The van der Waals surface area contributed by atoms with E-state index in [0.717, 1.165) is 89.9 Å². The number of carbonyl (C=O) groups excluding carboxylic acids is 3. The Morgan fingerprint density at radius 1 is 0.292 bits per heavy atom. The maximum absolute atomic E-state index is 12.9. The smallest absolute Gasteiger partial charge is 0.306 e. The van der Waals surface area contributed by atoms with Gasteiger partial charge in [0.05, 0.1) is 0 Å². The minimum absolute atomic E-state index is 0.148.